The van der Waals surface area contributed by atoms with Crippen molar-refractivity contribution in [1.29, 1.82) is 0 Å². The first-order valence-corrected chi connectivity index (χ1v) is 11.5. The molecule has 0 radical (unpaired) electrons. The molecule has 0 saturated heterocycles. The number of hydrogen-bond donors (Lipinski definition) is 1. The number of methoxy groups -OCH3 is 2. The molecular formula is C23H21N5O5S. The number of aromatic nitrogens is 3. The van der Waals surface area contributed by atoms with Gasteiger partial charge in [0.05, 0.1) is 31.6 Å². The van der Waals surface area contributed by atoms with Gasteiger partial charge in [-0.3, -0.25) is 14.1 Å². The number of hydrogen-bond acceptors (Lipinski definition) is 8. The monoisotopic (exact) mass is 479 g/mol. The molecule has 0 bridgehead atoms. The zero-order valence-electron chi connectivity index (χ0n) is 18.4. The zero-order chi connectivity index (χ0) is 24.1. The van der Waals surface area contributed by atoms with Gasteiger partial charge in [0.25, 0.3) is 10.0 Å². The predicted molar refractivity (Wildman–Crippen MR) is 126 cm³/mol. The first-order valence-electron chi connectivity index (χ1n) is 10.1. The van der Waals surface area contributed by atoms with Crippen molar-refractivity contribution in [3.05, 3.63) is 73.2 Å². The highest BCUT2D eigenvalue weighted by atomic mass is 32.2. The van der Waals surface area contributed by atoms with Crippen LogP contribution in [-0.2, 0) is 14.8 Å². The van der Waals surface area contributed by atoms with E-state index in [1.165, 1.54) is 44.9 Å². The molecule has 0 fully saturated rings. The molecule has 0 aliphatic heterocycles. The van der Waals surface area contributed by atoms with E-state index in [4.69, 9.17) is 9.47 Å². The summed E-state index contributed by atoms with van der Waals surface area (Å²) in [7, 11) is -1.40. The molecule has 1 aromatic carbocycles. The van der Waals surface area contributed by atoms with Crippen LogP contribution in [0.4, 0.5) is 11.4 Å². The van der Waals surface area contributed by atoms with Gasteiger partial charge in [-0.05, 0) is 30.3 Å². The second-order valence-electron chi connectivity index (χ2n) is 7.01. The molecule has 3 aromatic heterocycles. The third kappa shape index (κ3) is 4.59. The minimum absolute atomic E-state index is 0.0459. The summed E-state index contributed by atoms with van der Waals surface area (Å²) in [5.41, 5.74) is 0.784. The van der Waals surface area contributed by atoms with Gasteiger partial charge in [0.15, 0.2) is 0 Å². The van der Waals surface area contributed by atoms with Crippen LogP contribution < -0.4 is 19.1 Å². The molecule has 1 amide bonds. The standard InChI is InChI=1S/C23H21N5O5S/c1-32-21-11-10-17(14-26-21)27-20(29)15-28(18-8-5-13-25-23(18)33-2)34(30,31)19-9-3-6-16-7-4-12-24-22(16)19/h3-14H,15H2,1-2H3,(H,27,29). The molecule has 11 heteroatoms. The molecule has 3 heterocycles. The van der Waals surface area contributed by atoms with E-state index in [0.29, 0.717) is 17.0 Å². The molecule has 0 saturated carbocycles. The number of fused-ring (bicyclic) bond motifs is 1. The average molecular weight is 480 g/mol. The SMILES string of the molecule is COc1ccc(NC(=O)CN(c2cccnc2OC)S(=O)(=O)c2cccc3cccnc23)cn1. The Balaban J connectivity index is 1.75. The van der Waals surface area contributed by atoms with Crippen LogP contribution in [0.3, 0.4) is 0 Å². The maximum Gasteiger partial charge on any atom is 0.267 e. The average Bonchev–Trinajstić information content (AvgIpc) is 2.87. The van der Waals surface area contributed by atoms with Crippen molar-refractivity contribution in [3.63, 3.8) is 0 Å². The van der Waals surface area contributed by atoms with E-state index in [-0.39, 0.29) is 22.0 Å². The van der Waals surface area contributed by atoms with Gasteiger partial charge in [-0.2, -0.15) is 0 Å². The number of carbonyl (C=O) groups excluding carboxylic acids is 1. The molecule has 0 spiro atoms. The Kier molecular flexibility index (Phi) is 6.55. The lowest BCUT2D eigenvalue weighted by Gasteiger charge is -2.25. The van der Waals surface area contributed by atoms with Gasteiger partial charge < -0.3 is 14.8 Å². The fraction of sp³-hybridized carbons (Fsp3) is 0.130. The second-order valence-corrected chi connectivity index (χ2v) is 8.84. The Morgan fingerprint density at radius 1 is 0.941 bits per heavy atom. The lowest BCUT2D eigenvalue weighted by atomic mass is 10.2. The number of nitrogens with one attached hydrogen (secondary N) is 1. The highest BCUT2D eigenvalue weighted by Gasteiger charge is 2.31. The number of carbonyl (C=O) groups is 1. The van der Waals surface area contributed by atoms with Crippen LogP contribution in [0.2, 0.25) is 0 Å². The Morgan fingerprint density at radius 3 is 2.44 bits per heavy atom. The van der Waals surface area contributed by atoms with E-state index >= 15 is 0 Å². The molecule has 10 nitrogen and oxygen atoms in total. The molecule has 1 N–H and O–H groups in total. The summed E-state index contributed by atoms with van der Waals surface area (Å²) in [5, 5.41) is 3.30. The Hall–Kier alpha value is -4.25. The van der Waals surface area contributed by atoms with Crippen LogP contribution in [0.5, 0.6) is 11.8 Å². The number of rotatable bonds is 8. The Morgan fingerprint density at radius 2 is 1.71 bits per heavy atom. The first-order chi connectivity index (χ1) is 16.4. The van der Waals surface area contributed by atoms with Gasteiger partial charge in [-0.1, -0.05) is 18.2 Å². The van der Waals surface area contributed by atoms with Crippen molar-refractivity contribution < 1.29 is 22.7 Å². The Labute approximate surface area is 196 Å². The quantitative estimate of drug-likeness (QED) is 0.409. The van der Waals surface area contributed by atoms with E-state index in [0.717, 1.165) is 4.31 Å². The van der Waals surface area contributed by atoms with Gasteiger partial charge in [0, 0.05) is 23.8 Å². The largest absolute Gasteiger partial charge is 0.481 e. The number of sulfonamides is 1. The molecule has 34 heavy (non-hydrogen) atoms. The van der Waals surface area contributed by atoms with Gasteiger partial charge in [-0.15, -0.1) is 0 Å². The van der Waals surface area contributed by atoms with Crippen LogP contribution in [-0.4, -0.2) is 50.0 Å². The lowest BCUT2D eigenvalue weighted by molar-refractivity contribution is -0.114. The van der Waals surface area contributed by atoms with Crippen molar-refractivity contribution in [2.24, 2.45) is 0 Å². The van der Waals surface area contributed by atoms with E-state index < -0.39 is 22.5 Å². The van der Waals surface area contributed by atoms with Crippen LogP contribution in [0, 0.1) is 0 Å². The number of amides is 1. The minimum atomic E-state index is -4.26. The summed E-state index contributed by atoms with van der Waals surface area (Å²) in [4.78, 5) is 25.3. The molecule has 0 atom stereocenters. The fourth-order valence-electron chi connectivity index (χ4n) is 3.34. The van der Waals surface area contributed by atoms with Crippen molar-refractivity contribution in [2.75, 3.05) is 30.4 Å². The summed E-state index contributed by atoms with van der Waals surface area (Å²) in [5.74, 6) is -0.154. The number of para-hydroxylation sites is 1. The van der Waals surface area contributed by atoms with Crippen LogP contribution in [0.15, 0.2) is 78.1 Å². The summed E-state index contributed by atoms with van der Waals surface area (Å²) >= 11 is 0. The van der Waals surface area contributed by atoms with E-state index in [1.807, 2.05) is 0 Å². The van der Waals surface area contributed by atoms with Crippen molar-refractivity contribution in [3.8, 4) is 11.8 Å². The number of nitrogens with zero attached hydrogens (tertiary/aromatic N) is 4. The van der Waals surface area contributed by atoms with Gasteiger partial charge in [-0.25, -0.2) is 18.4 Å². The zero-order valence-corrected chi connectivity index (χ0v) is 19.2. The summed E-state index contributed by atoms with van der Waals surface area (Å²) in [6.07, 6.45) is 4.39. The van der Waals surface area contributed by atoms with Gasteiger partial charge in [0.1, 0.15) is 17.1 Å². The number of pyridine rings is 3. The maximum absolute atomic E-state index is 13.9. The van der Waals surface area contributed by atoms with Crippen molar-refractivity contribution in [1.82, 2.24) is 15.0 Å². The first kappa shape index (κ1) is 22.9. The van der Waals surface area contributed by atoms with Crippen LogP contribution in [0.1, 0.15) is 0 Å². The number of benzene rings is 1. The molecule has 4 rings (SSSR count). The summed E-state index contributed by atoms with van der Waals surface area (Å²) in [6.45, 7) is -0.542. The topological polar surface area (TPSA) is 124 Å². The molecule has 0 aliphatic rings. The smallest absolute Gasteiger partial charge is 0.267 e. The highest BCUT2D eigenvalue weighted by Crippen LogP contribution is 2.32. The summed E-state index contributed by atoms with van der Waals surface area (Å²) < 4.78 is 39.0. The Bertz CT molecular complexity index is 1420. The van der Waals surface area contributed by atoms with E-state index in [2.05, 4.69) is 20.3 Å². The maximum atomic E-state index is 13.9. The summed E-state index contributed by atoms with van der Waals surface area (Å²) in [6, 6.07) is 14.6. The van der Waals surface area contributed by atoms with Crippen molar-refractivity contribution >= 4 is 38.2 Å². The van der Waals surface area contributed by atoms with Gasteiger partial charge in [0.2, 0.25) is 17.7 Å². The number of ether oxygens (including phenoxy) is 2. The highest BCUT2D eigenvalue weighted by molar-refractivity contribution is 7.93. The van der Waals surface area contributed by atoms with Gasteiger partial charge >= 0.3 is 0 Å². The minimum Gasteiger partial charge on any atom is -0.481 e. The number of anilines is 2. The third-order valence-corrected chi connectivity index (χ3v) is 6.68. The predicted octanol–water partition coefficient (Wildman–Crippen LogP) is 2.88. The second kappa shape index (κ2) is 9.71. The molecule has 174 valence electrons. The fourth-order valence-corrected chi connectivity index (χ4v) is 4.93. The normalized spacial score (nSPS) is 11.1. The van der Waals surface area contributed by atoms with E-state index in [9.17, 15) is 13.2 Å². The molecule has 0 unspecified atom stereocenters. The van der Waals surface area contributed by atoms with Crippen LogP contribution in [0.25, 0.3) is 10.9 Å². The van der Waals surface area contributed by atoms with E-state index in [1.54, 1.807) is 42.5 Å². The van der Waals surface area contributed by atoms with Crippen molar-refractivity contribution in [2.45, 2.75) is 4.90 Å². The third-order valence-electron chi connectivity index (χ3n) is 4.89. The molecular weight excluding hydrogens is 458 g/mol. The molecule has 4 aromatic rings. The van der Waals surface area contributed by atoms with Crippen LogP contribution >= 0.6 is 0 Å². The molecule has 0 aliphatic carbocycles. The lowest BCUT2D eigenvalue weighted by Crippen LogP contribution is -2.38.